The highest BCUT2D eigenvalue weighted by atomic mass is 16.2. The van der Waals surface area contributed by atoms with E-state index in [-0.39, 0.29) is 17.7 Å². The van der Waals surface area contributed by atoms with Crippen LogP contribution in [0.2, 0.25) is 0 Å². The Morgan fingerprint density at radius 3 is 2.35 bits per heavy atom. The van der Waals surface area contributed by atoms with Crippen LogP contribution in [0.15, 0.2) is 48.8 Å². The maximum Gasteiger partial charge on any atom is 0.293 e. The van der Waals surface area contributed by atoms with E-state index in [4.69, 9.17) is 0 Å². The zero-order valence-corrected chi connectivity index (χ0v) is 13.9. The Kier molecular flexibility index (Phi) is 5.11. The van der Waals surface area contributed by atoms with E-state index < -0.39 is 0 Å². The quantitative estimate of drug-likeness (QED) is 0.681. The van der Waals surface area contributed by atoms with Gasteiger partial charge in [0.15, 0.2) is 18.2 Å². The van der Waals surface area contributed by atoms with Crippen molar-refractivity contribution >= 4 is 23.1 Å². The van der Waals surface area contributed by atoms with Gasteiger partial charge in [-0.05, 0) is 19.1 Å². The van der Waals surface area contributed by atoms with E-state index in [1.807, 2.05) is 55.0 Å². The van der Waals surface area contributed by atoms with Crippen molar-refractivity contribution in [3.63, 3.8) is 0 Å². The van der Waals surface area contributed by atoms with Gasteiger partial charge in [0, 0.05) is 50.1 Å². The van der Waals surface area contributed by atoms with Gasteiger partial charge in [-0.15, -0.1) is 0 Å². The van der Waals surface area contributed by atoms with E-state index in [1.54, 1.807) is 24.3 Å². The van der Waals surface area contributed by atoms with E-state index in [9.17, 15) is 9.59 Å². The summed E-state index contributed by atoms with van der Waals surface area (Å²) < 4.78 is 1.84. The van der Waals surface area contributed by atoms with E-state index >= 15 is 0 Å². The number of pyridine rings is 1. The molecule has 1 amide bonds. The lowest BCUT2D eigenvalue weighted by atomic mass is 10.1. The van der Waals surface area contributed by atoms with E-state index in [0.29, 0.717) is 11.3 Å². The summed E-state index contributed by atoms with van der Waals surface area (Å²) in [5, 5.41) is 2.85. The van der Waals surface area contributed by atoms with Gasteiger partial charge < -0.3 is 10.2 Å². The standard InChI is InChI=1S/C18H21N3O2/c1-13(21-10-8-17(9-11-21)20(3)4)18(23)19-16-7-5-6-15(12-16)14(2)22/h5-13H,1-4H3/p+1/t13-/m0/s1. The van der Waals surface area contributed by atoms with Crippen LogP contribution < -0.4 is 14.8 Å². The molecule has 0 aliphatic rings. The van der Waals surface area contributed by atoms with Crippen LogP contribution in [-0.2, 0) is 4.79 Å². The van der Waals surface area contributed by atoms with Crippen LogP contribution in [0.25, 0.3) is 0 Å². The summed E-state index contributed by atoms with van der Waals surface area (Å²) in [4.78, 5) is 25.8. The van der Waals surface area contributed by atoms with Crippen molar-refractivity contribution in [3.05, 3.63) is 54.4 Å². The number of amides is 1. The highest BCUT2D eigenvalue weighted by molar-refractivity contribution is 5.97. The van der Waals surface area contributed by atoms with Crippen molar-refractivity contribution in [3.8, 4) is 0 Å². The number of anilines is 2. The fraction of sp³-hybridized carbons (Fsp3) is 0.278. The largest absolute Gasteiger partial charge is 0.377 e. The van der Waals surface area contributed by atoms with Gasteiger partial charge in [0.2, 0.25) is 6.04 Å². The predicted molar refractivity (Wildman–Crippen MR) is 90.8 cm³/mol. The van der Waals surface area contributed by atoms with Crippen LogP contribution in [0.5, 0.6) is 0 Å². The number of hydrogen-bond donors (Lipinski definition) is 1. The number of nitrogens with zero attached hydrogens (tertiary/aromatic N) is 2. The summed E-state index contributed by atoms with van der Waals surface area (Å²) in [6, 6.07) is 10.5. The molecule has 23 heavy (non-hydrogen) atoms. The first-order chi connectivity index (χ1) is 10.9. The molecule has 2 aromatic rings. The lowest BCUT2D eigenvalue weighted by Gasteiger charge is -2.12. The van der Waals surface area contributed by atoms with Crippen LogP contribution in [-0.4, -0.2) is 25.8 Å². The molecule has 1 aromatic carbocycles. The number of ketones is 1. The molecule has 0 fully saturated rings. The van der Waals surface area contributed by atoms with Crippen LogP contribution in [0.1, 0.15) is 30.2 Å². The smallest absolute Gasteiger partial charge is 0.293 e. The monoisotopic (exact) mass is 312 g/mol. The predicted octanol–water partition coefficient (Wildman–Crippen LogP) is 2.44. The normalized spacial score (nSPS) is 11.7. The summed E-state index contributed by atoms with van der Waals surface area (Å²) >= 11 is 0. The zero-order chi connectivity index (χ0) is 17.0. The molecule has 0 bridgehead atoms. The average molecular weight is 312 g/mol. The molecule has 1 atom stereocenters. The summed E-state index contributed by atoms with van der Waals surface area (Å²) in [7, 11) is 3.94. The Hall–Kier alpha value is -2.69. The third-order valence-electron chi connectivity index (χ3n) is 3.71. The average Bonchev–Trinajstić information content (AvgIpc) is 2.54. The first-order valence-corrected chi connectivity index (χ1v) is 7.48. The molecule has 0 unspecified atom stereocenters. The van der Waals surface area contributed by atoms with Crippen molar-refractivity contribution in [2.45, 2.75) is 19.9 Å². The van der Waals surface area contributed by atoms with Crippen molar-refractivity contribution in [1.82, 2.24) is 0 Å². The first kappa shape index (κ1) is 16.7. The molecule has 0 aliphatic heterocycles. The molecule has 0 aliphatic carbocycles. The minimum Gasteiger partial charge on any atom is -0.377 e. The second kappa shape index (κ2) is 7.05. The summed E-state index contributed by atoms with van der Waals surface area (Å²) in [6.07, 6.45) is 3.76. The van der Waals surface area contributed by atoms with Gasteiger partial charge >= 0.3 is 0 Å². The van der Waals surface area contributed by atoms with Gasteiger partial charge in [-0.1, -0.05) is 12.1 Å². The molecular weight excluding hydrogens is 290 g/mol. The SMILES string of the molecule is CC(=O)c1cccc(NC(=O)[C@H](C)[n+]2ccc(N(C)C)cc2)c1. The summed E-state index contributed by atoms with van der Waals surface area (Å²) in [6.45, 7) is 3.34. The topological polar surface area (TPSA) is 53.3 Å². The van der Waals surface area contributed by atoms with Gasteiger partial charge in [-0.25, -0.2) is 0 Å². The fourth-order valence-electron chi connectivity index (χ4n) is 2.18. The Labute approximate surface area is 136 Å². The fourth-order valence-corrected chi connectivity index (χ4v) is 2.18. The third-order valence-corrected chi connectivity index (χ3v) is 3.71. The number of aromatic nitrogens is 1. The summed E-state index contributed by atoms with van der Waals surface area (Å²) in [5.74, 6) is -0.156. The molecule has 1 N–H and O–H groups in total. The molecule has 120 valence electrons. The van der Waals surface area contributed by atoms with Crippen molar-refractivity contribution in [2.24, 2.45) is 0 Å². The van der Waals surface area contributed by atoms with Crippen LogP contribution in [0, 0.1) is 0 Å². The minimum atomic E-state index is -0.354. The Bertz CT molecular complexity index is 708. The Morgan fingerprint density at radius 2 is 1.78 bits per heavy atom. The molecule has 2 rings (SSSR count). The summed E-state index contributed by atoms with van der Waals surface area (Å²) in [5.41, 5.74) is 2.28. The minimum absolute atomic E-state index is 0.0252. The molecule has 0 saturated carbocycles. The number of carbonyl (C=O) groups excluding carboxylic acids is 2. The molecule has 0 saturated heterocycles. The number of benzene rings is 1. The van der Waals surface area contributed by atoms with Crippen LogP contribution >= 0.6 is 0 Å². The van der Waals surface area contributed by atoms with Gasteiger partial charge in [0.25, 0.3) is 5.91 Å². The van der Waals surface area contributed by atoms with Gasteiger partial charge in [-0.3, -0.25) is 9.59 Å². The van der Waals surface area contributed by atoms with Crippen LogP contribution in [0.4, 0.5) is 11.4 Å². The van der Waals surface area contributed by atoms with Gasteiger partial charge in [-0.2, -0.15) is 4.57 Å². The number of hydrogen-bond acceptors (Lipinski definition) is 3. The van der Waals surface area contributed by atoms with E-state index in [2.05, 4.69) is 5.32 Å². The van der Waals surface area contributed by atoms with Gasteiger partial charge in [0.1, 0.15) is 0 Å². The molecule has 5 heteroatoms. The Morgan fingerprint density at radius 1 is 1.13 bits per heavy atom. The molecule has 5 nitrogen and oxygen atoms in total. The third kappa shape index (κ3) is 4.16. The number of nitrogens with one attached hydrogen (secondary N) is 1. The highest BCUT2D eigenvalue weighted by Gasteiger charge is 2.22. The first-order valence-electron chi connectivity index (χ1n) is 7.48. The second-order valence-corrected chi connectivity index (χ2v) is 5.70. The molecule has 1 heterocycles. The molecule has 1 aromatic heterocycles. The van der Waals surface area contributed by atoms with Gasteiger partial charge in [0.05, 0.1) is 0 Å². The number of carbonyl (C=O) groups is 2. The molecular formula is C18H22N3O2+. The number of rotatable bonds is 5. The van der Waals surface area contributed by atoms with Crippen molar-refractivity contribution in [2.75, 3.05) is 24.3 Å². The second-order valence-electron chi connectivity index (χ2n) is 5.70. The zero-order valence-electron chi connectivity index (χ0n) is 13.9. The van der Waals surface area contributed by atoms with Crippen molar-refractivity contribution < 1.29 is 14.2 Å². The number of Topliss-reactive ketones (excluding diaryl/α,β-unsaturated/α-hetero) is 1. The molecule has 0 spiro atoms. The lowest BCUT2D eigenvalue weighted by Crippen LogP contribution is -2.44. The Balaban J connectivity index is 2.10. The highest BCUT2D eigenvalue weighted by Crippen LogP contribution is 2.13. The van der Waals surface area contributed by atoms with E-state index in [1.165, 1.54) is 6.92 Å². The maximum absolute atomic E-state index is 12.4. The molecule has 0 radical (unpaired) electrons. The maximum atomic E-state index is 12.4. The van der Waals surface area contributed by atoms with Crippen molar-refractivity contribution in [1.29, 1.82) is 0 Å². The lowest BCUT2D eigenvalue weighted by molar-refractivity contribution is -0.705. The van der Waals surface area contributed by atoms with E-state index in [0.717, 1.165) is 5.69 Å². The van der Waals surface area contributed by atoms with Crippen LogP contribution in [0.3, 0.4) is 0 Å².